The summed E-state index contributed by atoms with van der Waals surface area (Å²) < 4.78 is 5.49. The average Bonchev–Trinajstić information content (AvgIpc) is 2.25. The van der Waals surface area contributed by atoms with Crippen LogP contribution in [-0.2, 0) is 4.74 Å². The lowest BCUT2D eigenvalue weighted by Crippen LogP contribution is -2.29. The van der Waals surface area contributed by atoms with Gasteiger partial charge >= 0.3 is 0 Å². The molecule has 1 rings (SSSR count). The monoisotopic (exact) mass is 245 g/mol. The topological polar surface area (TPSA) is 36.9 Å². The Hall–Kier alpha value is -0.260. The first-order valence-electron chi connectivity index (χ1n) is 5.82. The van der Waals surface area contributed by atoms with Crippen molar-refractivity contribution in [3.63, 3.8) is 0 Å². The third-order valence-corrected chi connectivity index (χ3v) is 3.54. The van der Waals surface area contributed by atoms with E-state index in [2.05, 4.69) is 36.2 Å². The van der Waals surface area contributed by atoms with E-state index in [0.717, 1.165) is 38.0 Å². The summed E-state index contributed by atoms with van der Waals surface area (Å²) in [5, 5.41) is 4.38. The number of rotatable bonds is 6. The summed E-state index contributed by atoms with van der Waals surface area (Å²) in [6, 6.07) is 0. The Morgan fingerprint density at radius 1 is 1.50 bits per heavy atom. The summed E-state index contributed by atoms with van der Waals surface area (Å²) >= 11 is 1.82. The molecule has 1 unspecified atom stereocenters. The minimum Gasteiger partial charge on any atom is -0.378 e. The van der Waals surface area contributed by atoms with Gasteiger partial charge in [-0.15, -0.1) is 0 Å². The molecule has 5 heteroatoms. The maximum absolute atomic E-state index is 5.49. The normalized spacial score (nSPS) is 21.0. The molecule has 1 atom stereocenters. The molecular weight excluding hydrogens is 222 g/mol. The molecule has 0 aliphatic carbocycles. The van der Waals surface area contributed by atoms with Gasteiger partial charge in [0.1, 0.15) is 0 Å². The molecule has 0 saturated carbocycles. The van der Waals surface area contributed by atoms with Gasteiger partial charge in [0.25, 0.3) is 0 Å². The van der Waals surface area contributed by atoms with Crippen LogP contribution < -0.4 is 5.32 Å². The van der Waals surface area contributed by atoms with Crippen LogP contribution in [0.2, 0.25) is 0 Å². The van der Waals surface area contributed by atoms with E-state index in [1.165, 1.54) is 5.75 Å². The molecule has 0 radical (unpaired) electrons. The summed E-state index contributed by atoms with van der Waals surface area (Å²) in [6.45, 7) is 6.57. The van der Waals surface area contributed by atoms with Crippen LogP contribution >= 0.6 is 11.8 Å². The Balaban J connectivity index is 1.95. The summed E-state index contributed by atoms with van der Waals surface area (Å²) in [5.74, 6) is 1.89. The predicted octanol–water partition coefficient (Wildman–Crippen LogP) is 0.893. The second kappa shape index (κ2) is 7.92. The minimum absolute atomic E-state index is 0.715. The van der Waals surface area contributed by atoms with Gasteiger partial charge in [0, 0.05) is 25.4 Å². The lowest BCUT2D eigenvalue weighted by Gasteiger charge is -2.17. The zero-order chi connectivity index (χ0) is 11.8. The number of hydrogen-bond donors (Lipinski definition) is 1. The Morgan fingerprint density at radius 2 is 2.31 bits per heavy atom. The number of ether oxygens (including phenoxy) is 1. The molecule has 0 fully saturated rings. The number of aliphatic imine (C=N–C) groups is 1. The van der Waals surface area contributed by atoms with E-state index >= 15 is 0 Å². The van der Waals surface area contributed by atoms with Gasteiger partial charge < -0.3 is 15.0 Å². The number of likely N-dealkylation sites (N-methyl/N-ethyl adjacent to an activating group) is 1. The Kier molecular flexibility index (Phi) is 6.84. The van der Waals surface area contributed by atoms with Crippen LogP contribution in [0.1, 0.15) is 6.92 Å². The molecule has 0 spiro atoms. The highest BCUT2D eigenvalue weighted by molar-refractivity contribution is 8.13. The summed E-state index contributed by atoms with van der Waals surface area (Å²) in [6.07, 6.45) is 0. The second-order valence-corrected chi connectivity index (χ2v) is 5.41. The van der Waals surface area contributed by atoms with Gasteiger partial charge in [0.15, 0.2) is 5.17 Å². The molecule has 16 heavy (non-hydrogen) atoms. The Labute approximate surface area is 103 Å². The molecule has 1 aliphatic heterocycles. The van der Waals surface area contributed by atoms with Crippen molar-refractivity contribution in [3.05, 3.63) is 0 Å². The fourth-order valence-corrected chi connectivity index (χ4v) is 2.16. The van der Waals surface area contributed by atoms with E-state index < -0.39 is 0 Å². The van der Waals surface area contributed by atoms with E-state index in [1.807, 2.05) is 11.8 Å². The van der Waals surface area contributed by atoms with Crippen molar-refractivity contribution in [1.82, 2.24) is 10.2 Å². The van der Waals surface area contributed by atoms with Crippen LogP contribution in [0.25, 0.3) is 0 Å². The third kappa shape index (κ3) is 6.35. The van der Waals surface area contributed by atoms with Gasteiger partial charge in [-0.25, -0.2) is 0 Å². The van der Waals surface area contributed by atoms with E-state index in [1.54, 1.807) is 0 Å². The molecule has 0 saturated heterocycles. The molecule has 1 N–H and O–H groups in total. The number of nitrogens with zero attached hydrogens (tertiary/aromatic N) is 2. The fourth-order valence-electron chi connectivity index (χ4n) is 1.24. The van der Waals surface area contributed by atoms with Crippen LogP contribution in [0.5, 0.6) is 0 Å². The zero-order valence-electron chi connectivity index (χ0n) is 10.5. The van der Waals surface area contributed by atoms with Crippen LogP contribution in [-0.4, -0.2) is 62.8 Å². The molecular formula is C11H23N3OS. The number of nitrogens with one attached hydrogen (secondary N) is 1. The van der Waals surface area contributed by atoms with Crippen LogP contribution in [0.15, 0.2) is 4.99 Å². The van der Waals surface area contributed by atoms with Crippen molar-refractivity contribution in [2.75, 3.05) is 52.7 Å². The average molecular weight is 245 g/mol. The largest absolute Gasteiger partial charge is 0.378 e. The van der Waals surface area contributed by atoms with E-state index in [9.17, 15) is 0 Å². The van der Waals surface area contributed by atoms with Crippen LogP contribution in [0.3, 0.4) is 0 Å². The third-order valence-electron chi connectivity index (χ3n) is 2.26. The van der Waals surface area contributed by atoms with Crippen molar-refractivity contribution in [2.24, 2.45) is 10.9 Å². The number of hydrogen-bond acceptors (Lipinski definition) is 5. The first kappa shape index (κ1) is 13.8. The quantitative estimate of drug-likeness (QED) is 0.705. The maximum Gasteiger partial charge on any atom is 0.156 e. The maximum atomic E-state index is 5.49. The first-order chi connectivity index (χ1) is 7.68. The van der Waals surface area contributed by atoms with Gasteiger partial charge in [0.2, 0.25) is 0 Å². The smallest absolute Gasteiger partial charge is 0.156 e. The highest BCUT2D eigenvalue weighted by atomic mass is 32.2. The van der Waals surface area contributed by atoms with Crippen molar-refractivity contribution in [2.45, 2.75) is 6.92 Å². The summed E-state index contributed by atoms with van der Waals surface area (Å²) in [5.41, 5.74) is 0. The first-order valence-corrected chi connectivity index (χ1v) is 6.80. The molecule has 0 amide bonds. The highest BCUT2D eigenvalue weighted by Gasteiger charge is 2.10. The molecule has 0 aromatic carbocycles. The number of amidine groups is 1. The lowest BCUT2D eigenvalue weighted by atomic mass is 10.2. The molecule has 4 nitrogen and oxygen atoms in total. The number of thioether (sulfide) groups is 1. The van der Waals surface area contributed by atoms with Gasteiger partial charge in [-0.1, -0.05) is 18.7 Å². The van der Waals surface area contributed by atoms with Crippen molar-refractivity contribution >= 4 is 16.9 Å². The molecule has 0 aromatic rings. The van der Waals surface area contributed by atoms with Gasteiger partial charge in [-0.05, 0) is 20.0 Å². The van der Waals surface area contributed by atoms with Crippen molar-refractivity contribution in [3.8, 4) is 0 Å². The van der Waals surface area contributed by atoms with E-state index in [0.29, 0.717) is 5.92 Å². The van der Waals surface area contributed by atoms with Crippen LogP contribution in [0.4, 0.5) is 0 Å². The highest BCUT2D eigenvalue weighted by Crippen LogP contribution is 2.15. The Bertz CT molecular complexity index is 221. The van der Waals surface area contributed by atoms with Crippen molar-refractivity contribution < 1.29 is 4.74 Å². The molecule has 0 aromatic heterocycles. The summed E-state index contributed by atoms with van der Waals surface area (Å²) in [4.78, 5) is 6.58. The molecule has 1 heterocycles. The molecule has 0 bridgehead atoms. The van der Waals surface area contributed by atoms with Crippen LogP contribution in [0, 0.1) is 5.92 Å². The zero-order valence-corrected chi connectivity index (χ0v) is 11.3. The van der Waals surface area contributed by atoms with Gasteiger partial charge in [-0.3, -0.25) is 4.99 Å². The molecule has 1 aliphatic rings. The van der Waals surface area contributed by atoms with Crippen molar-refractivity contribution in [1.29, 1.82) is 0 Å². The standard InChI is InChI=1S/C11H23N3OS/c1-10-8-13-11(16-9-10)12-4-6-15-7-5-14(2)3/h10H,4-9H2,1-3H3,(H,12,13). The van der Waals surface area contributed by atoms with Gasteiger partial charge in [-0.2, -0.15) is 0 Å². The van der Waals surface area contributed by atoms with E-state index in [4.69, 9.17) is 4.74 Å². The predicted molar refractivity (Wildman–Crippen MR) is 71.3 cm³/mol. The fraction of sp³-hybridized carbons (Fsp3) is 0.909. The molecule has 94 valence electrons. The lowest BCUT2D eigenvalue weighted by molar-refractivity contribution is 0.122. The van der Waals surface area contributed by atoms with Gasteiger partial charge in [0.05, 0.1) is 13.2 Å². The SMILES string of the molecule is CC1CN=C(NCCOCCN(C)C)SC1. The minimum atomic E-state index is 0.715. The Morgan fingerprint density at radius 3 is 2.94 bits per heavy atom. The van der Waals surface area contributed by atoms with E-state index in [-0.39, 0.29) is 0 Å². The second-order valence-electron chi connectivity index (χ2n) is 4.40. The summed E-state index contributed by atoms with van der Waals surface area (Å²) in [7, 11) is 4.10.